The quantitative estimate of drug-likeness (QED) is 0.443. The third-order valence-electron chi connectivity index (χ3n) is 4.11. The first-order chi connectivity index (χ1) is 12.7. The molecule has 2 rings (SSSR count). The predicted octanol–water partition coefficient (Wildman–Crippen LogP) is 1.18. The van der Waals surface area contributed by atoms with Gasteiger partial charge < -0.3 is 24.6 Å². The zero-order chi connectivity index (χ0) is 20.2. The number of aliphatic carboxylic acids is 1. The Bertz CT molecular complexity index is 713. The third-order valence-corrected chi connectivity index (χ3v) is 5.05. The Labute approximate surface area is 154 Å². The topological polar surface area (TPSA) is 143 Å². The fraction of sp³-hybridized carbons (Fsp3) is 0.562. The summed E-state index contributed by atoms with van der Waals surface area (Å²) in [6, 6.07) is 3.90. The maximum Gasteiger partial charge on any atom is 0.527 e. The maximum absolute atomic E-state index is 12.9. The highest BCUT2D eigenvalue weighted by Gasteiger charge is 2.46. The van der Waals surface area contributed by atoms with Crippen molar-refractivity contribution in [1.82, 2.24) is 0 Å². The number of alkyl halides is 1. The molecule has 1 aliphatic heterocycles. The number of halogens is 1. The Morgan fingerprint density at radius 3 is 2.70 bits per heavy atom. The van der Waals surface area contributed by atoms with Gasteiger partial charge >= 0.3 is 13.8 Å². The van der Waals surface area contributed by atoms with Gasteiger partial charge in [0.1, 0.15) is 30.7 Å². The van der Waals surface area contributed by atoms with Gasteiger partial charge in [-0.3, -0.25) is 14.2 Å². The van der Waals surface area contributed by atoms with E-state index >= 15 is 0 Å². The summed E-state index contributed by atoms with van der Waals surface area (Å²) in [5.41, 5.74) is 0.478. The molecule has 0 saturated carbocycles. The van der Waals surface area contributed by atoms with Gasteiger partial charge in [0, 0.05) is 6.42 Å². The number of ether oxygens (including phenoxy) is 1. The molecule has 4 N–H and O–H groups in total. The number of rotatable bonds is 9. The van der Waals surface area contributed by atoms with E-state index in [9.17, 15) is 28.9 Å². The molecule has 27 heavy (non-hydrogen) atoms. The number of carboxylic acid groups (broad SMARTS) is 1. The Morgan fingerprint density at radius 2 is 2.11 bits per heavy atom. The van der Waals surface area contributed by atoms with Crippen LogP contribution in [-0.2, 0) is 31.7 Å². The first-order valence-electron chi connectivity index (χ1n) is 8.21. The zero-order valence-electron chi connectivity index (χ0n) is 14.5. The van der Waals surface area contributed by atoms with Gasteiger partial charge in [0.25, 0.3) is 0 Å². The Kier molecular flexibility index (Phi) is 7.32. The monoisotopic (exact) mass is 408 g/mol. The molecule has 1 fully saturated rings. The van der Waals surface area contributed by atoms with Crippen molar-refractivity contribution in [2.24, 2.45) is 0 Å². The maximum atomic E-state index is 12.9. The van der Waals surface area contributed by atoms with Crippen LogP contribution in [0.15, 0.2) is 18.2 Å². The van der Waals surface area contributed by atoms with Crippen molar-refractivity contribution in [2.75, 3.05) is 6.61 Å². The minimum Gasteiger partial charge on any atom is -0.481 e. The lowest BCUT2D eigenvalue weighted by Gasteiger charge is -2.23. The summed E-state index contributed by atoms with van der Waals surface area (Å²) in [4.78, 5) is 20.8. The second-order valence-corrected chi connectivity index (χ2v) is 7.48. The van der Waals surface area contributed by atoms with Gasteiger partial charge in [0.05, 0.1) is 12.7 Å². The molecule has 11 heteroatoms. The smallest absolute Gasteiger partial charge is 0.481 e. The van der Waals surface area contributed by atoms with Crippen LogP contribution < -0.4 is 4.52 Å². The van der Waals surface area contributed by atoms with Crippen molar-refractivity contribution in [3.63, 3.8) is 0 Å². The van der Waals surface area contributed by atoms with Crippen molar-refractivity contribution in [2.45, 2.75) is 50.9 Å². The van der Waals surface area contributed by atoms with Crippen molar-refractivity contribution < 1.29 is 47.7 Å². The van der Waals surface area contributed by atoms with E-state index in [0.29, 0.717) is 0 Å². The van der Waals surface area contributed by atoms with Crippen LogP contribution in [0.25, 0.3) is 0 Å². The van der Waals surface area contributed by atoms with Gasteiger partial charge in [-0.25, -0.2) is 8.96 Å². The molecule has 1 saturated heterocycles. The van der Waals surface area contributed by atoms with Gasteiger partial charge in [0.2, 0.25) is 0 Å². The molecule has 1 aliphatic rings. The van der Waals surface area contributed by atoms with Gasteiger partial charge in [-0.05, 0) is 36.6 Å². The summed E-state index contributed by atoms with van der Waals surface area (Å²) in [7, 11) is -4.77. The molecule has 0 aliphatic carbocycles. The Hall–Kier alpha value is -1.55. The van der Waals surface area contributed by atoms with E-state index in [-0.39, 0.29) is 29.7 Å². The van der Waals surface area contributed by atoms with E-state index in [2.05, 4.69) is 0 Å². The molecule has 1 aromatic carbocycles. The normalized spacial score (nSPS) is 27.3. The number of aryl methyl sites for hydroxylation is 1. The van der Waals surface area contributed by atoms with E-state index in [4.69, 9.17) is 18.9 Å². The van der Waals surface area contributed by atoms with E-state index in [1.54, 1.807) is 0 Å². The van der Waals surface area contributed by atoms with Crippen LogP contribution in [0.1, 0.15) is 24.5 Å². The van der Waals surface area contributed by atoms with Gasteiger partial charge in [-0.2, -0.15) is 0 Å². The fourth-order valence-electron chi connectivity index (χ4n) is 2.74. The van der Waals surface area contributed by atoms with Gasteiger partial charge in [-0.1, -0.05) is 6.07 Å². The molecule has 0 aromatic heterocycles. The predicted molar refractivity (Wildman–Crippen MR) is 90.0 cm³/mol. The van der Waals surface area contributed by atoms with Crippen LogP contribution in [0.3, 0.4) is 0 Å². The minimum atomic E-state index is -4.77. The number of benzene rings is 1. The molecule has 0 bridgehead atoms. The number of aliphatic hydroxyl groups is 2. The van der Waals surface area contributed by atoms with Crippen LogP contribution in [-0.4, -0.2) is 57.2 Å². The molecule has 5 atom stereocenters. The SMILES string of the molecule is CC1OC(CO)C(OP(=O)(O)Oc2ccc(CF)cc2CCC(=O)O)C1O. The van der Waals surface area contributed by atoms with Crippen LogP contribution in [0.2, 0.25) is 0 Å². The third kappa shape index (κ3) is 5.71. The van der Waals surface area contributed by atoms with Crippen LogP contribution in [0.5, 0.6) is 5.75 Å². The molecular weight excluding hydrogens is 386 g/mol. The molecule has 1 aromatic rings. The molecule has 0 radical (unpaired) electrons. The van der Waals surface area contributed by atoms with E-state index in [1.165, 1.54) is 25.1 Å². The lowest BCUT2D eigenvalue weighted by atomic mass is 10.1. The summed E-state index contributed by atoms with van der Waals surface area (Å²) < 4.78 is 40.5. The van der Waals surface area contributed by atoms with Crippen LogP contribution >= 0.6 is 7.82 Å². The second-order valence-electron chi connectivity index (χ2n) is 6.15. The van der Waals surface area contributed by atoms with Gasteiger partial charge in [0.15, 0.2) is 0 Å². The molecule has 9 nitrogen and oxygen atoms in total. The largest absolute Gasteiger partial charge is 0.527 e. The summed E-state index contributed by atoms with van der Waals surface area (Å²) in [5, 5.41) is 28.1. The van der Waals surface area contributed by atoms with Crippen molar-refractivity contribution in [1.29, 1.82) is 0 Å². The summed E-state index contributed by atoms with van der Waals surface area (Å²) in [5.74, 6) is -1.23. The lowest BCUT2D eigenvalue weighted by Crippen LogP contribution is -2.35. The fourth-order valence-corrected chi connectivity index (χ4v) is 3.78. The Morgan fingerprint density at radius 1 is 1.41 bits per heavy atom. The van der Waals surface area contributed by atoms with E-state index in [0.717, 1.165) is 0 Å². The van der Waals surface area contributed by atoms with Crippen LogP contribution in [0.4, 0.5) is 4.39 Å². The highest BCUT2D eigenvalue weighted by Crippen LogP contribution is 2.48. The Balaban J connectivity index is 2.18. The lowest BCUT2D eigenvalue weighted by molar-refractivity contribution is -0.136. The molecule has 5 unspecified atom stereocenters. The molecule has 152 valence electrons. The van der Waals surface area contributed by atoms with E-state index < -0.39 is 51.5 Å². The highest BCUT2D eigenvalue weighted by atomic mass is 31.2. The number of aliphatic hydroxyl groups excluding tert-OH is 2. The molecule has 0 amide bonds. The standard InChI is InChI=1S/C16H22FO9P/c1-9-15(21)16(13(8-18)24-9)26-27(22,23)25-12-4-2-10(7-17)6-11(12)3-5-14(19)20/h2,4,6,9,13,15-16,18,21H,3,5,7-8H2,1H3,(H,19,20)(H,22,23). The summed E-state index contributed by atoms with van der Waals surface area (Å²) in [6.45, 7) is 0.177. The summed E-state index contributed by atoms with van der Waals surface area (Å²) in [6.07, 6.45) is -4.63. The first kappa shape index (κ1) is 21.7. The molecular formula is C16H22FO9P. The number of phosphoric ester groups is 1. The van der Waals surface area contributed by atoms with Gasteiger partial charge in [-0.15, -0.1) is 0 Å². The number of hydrogen-bond acceptors (Lipinski definition) is 7. The molecule has 1 heterocycles. The molecule has 0 spiro atoms. The second kappa shape index (κ2) is 9.09. The average molecular weight is 408 g/mol. The first-order valence-corrected chi connectivity index (χ1v) is 9.71. The van der Waals surface area contributed by atoms with E-state index in [1.807, 2.05) is 0 Å². The minimum absolute atomic E-state index is 0.0516. The number of hydrogen-bond donors (Lipinski definition) is 4. The summed E-state index contributed by atoms with van der Waals surface area (Å²) >= 11 is 0. The van der Waals surface area contributed by atoms with Crippen molar-refractivity contribution >= 4 is 13.8 Å². The highest BCUT2D eigenvalue weighted by molar-refractivity contribution is 7.47. The average Bonchev–Trinajstić information content (AvgIpc) is 2.87. The number of carboxylic acids is 1. The number of phosphoric acid groups is 1. The van der Waals surface area contributed by atoms with Crippen molar-refractivity contribution in [3.8, 4) is 5.75 Å². The number of carbonyl (C=O) groups is 1. The van der Waals surface area contributed by atoms with Crippen LogP contribution in [0, 0.1) is 0 Å². The zero-order valence-corrected chi connectivity index (χ0v) is 15.4. The van der Waals surface area contributed by atoms with Crippen molar-refractivity contribution in [3.05, 3.63) is 29.3 Å².